The SMILES string of the molecule is CCOC(=O)C1=C(C)NC(C)=C(C(=O)OCCCc2ccccc2)C1c1cnc(-c2ccccc2)[nH]1. The summed E-state index contributed by atoms with van der Waals surface area (Å²) in [6.45, 7) is 5.87. The Bertz CT molecular complexity index is 1280. The van der Waals surface area contributed by atoms with Crippen LogP contribution in [0.2, 0.25) is 0 Å². The van der Waals surface area contributed by atoms with Gasteiger partial charge in [0.25, 0.3) is 0 Å². The quantitative estimate of drug-likeness (QED) is 0.325. The molecule has 0 aliphatic carbocycles. The number of esters is 2. The first-order chi connectivity index (χ1) is 17.5. The van der Waals surface area contributed by atoms with E-state index in [1.165, 1.54) is 5.56 Å². The summed E-state index contributed by atoms with van der Waals surface area (Å²) in [5, 5.41) is 3.18. The van der Waals surface area contributed by atoms with Crippen LogP contribution in [0.4, 0.5) is 0 Å². The summed E-state index contributed by atoms with van der Waals surface area (Å²) < 4.78 is 11.1. The third-order valence-corrected chi connectivity index (χ3v) is 6.12. The number of hydrogen-bond donors (Lipinski definition) is 2. The maximum absolute atomic E-state index is 13.4. The van der Waals surface area contributed by atoms with Gasteiger partial charge in [-0.25, -0.2) is 14.6 Å². The average Bonchev–Trinajstić information content (AvgIpc) is 3.37. The summed E-state index contributed by atoms with van der Waals surface area (Å²) in [6.07, 6.45) is 3.17. The molecule has 0 saturated carbocycles. The maximum Gasteiger partial charge on any atom is 0.336 e. The fourth-order valence-electron chi connectivity index (χ4n) is 4.44. The lowest BCUT2D eigenvalue weighted by Gasteiger charge is -2.29. The molecule has 1 unspecified atom stereocenters. The Morgan fingerprint density at radius 3 is 2.14 bits per heavy atom. The lowest BCUT2D eigenvalue weighted by atomic mass is 9.83. The number of dihydropyridines is 1. The number of H-pyrrole nitrogens is 1. The monoisotopic (exact) mass is 485 g/mol. The van der Waals surface area contributed by atoms with E-state index in [-0.39, 0.29) is 13.2 Å². The zero-order chi connectivity index (χ0) is 25.5. The Hall–Kier alpha value is -4.13. The predicted octanol–water partition coefficient (Wildman–Crippen LogP) is 5.05. The molecule has 1 aliphatic heterocycles. The highest BCUT2D eigenvalue weighted by molar-refractivity contribution is 5.99. The minimum atomic E-state index is -0.697. The second kappa shape index (κ2) is 11.5. The van der Waals surface area contributed by atoms with Crippen LogP contribution in [0, 0.1) is 0 Å². The van der Waals surface area contributed by atoms with E-state index in [0.717, 1.165) is 12.0 Å². The highest BCUT2D eigenvalue weighted by Gasteiger charge is 2.39. The Morgan fingerprint density at radius 2 is 1.50 bits per heavy atom. The van der Waals surface area contributed by atoms with Crippen molar-refractivity contribution in [2.24, 2.45) is 0 Å². The highest BCUT2D eigenvalue weighted by atomic mass is 16.5. The van der Waals surface area contributed by atoms with Crippen LogP contribution in [0.3, 0.4) is 0 Å². The van der Waals surface area contributed by atoms with Crippen molar-refractivity contribution in [2.45, 2.75) is 39.5 Å². The Morgan fingerprint density at radius 1 is 0.889 bits per heavy atom. The van der Waals surface area contributed by atoms with Gasteiger partial charge in [-0.3, -0.25) is 0 Å². The van der Waals surface area contributed by atoms with Gasteiger partial charge in [0.15, 0.2) is 0 Å². The Labute approximate surface area is 211 Å². The molecule has 1 aromatic heterocycles. The van der Waals surface area contributed by atoms with E-state index in [2.05, 4.69) is 27.4 Å². The van der Waals surface area contributed by atoms with E-state index in [4.69, 9.17) is 9.47 Å². The first kappa shape index (κ1) is 25.0. The van der Waals surface area contributed by atoms with Gasteiger partial charge in [0.2, 0.25) is 0 Å². The topological polar surface area (TPSA) is 93.3 Å². The molecule has 0 fully saturated rings. The number of rotatable bonds is 9. The van der Waals surface area contributed by atoms with Crippen molar-refractivity contribution < 1.29 is 19.1 Å². The van der Waals surface area contributed by atoms with Crippen molar-refractivity contribution in [2.75, 3.05) is 13.2 Å². The molecule has 7 nitrogen and oxygen atoms in total. The zero-order valence-electron chi connectivity index (χ0n) is 20.8. The second-order valence-corrected chi connectivity index (χ2v) is 8.63. The summed E-state index contributed by atoms with van der Waals surface area (Å²) in [5.41, 5.74) is 4.71. The number of benzene rings is 2. The third kappa shape index (κ3) is 5.57. The molecular formula is C29H31N3O4. The minimum Gasteiger partial charge on any atom is -0.463 e. The van der Waals surface area contributed by atoms with Crippen molar-refractivity contribution in [3.8, 4) is 11.4 Å². The van der Waals surface area contributed by atoms with Crippen LogP contribution in [0.5, 0.6) is 0 Å². The van der Waals surface area contributed by atoms with E-state index in [1.807, 2.05) is 55.5 Å². The van der Waals surface area contributed by atoms with E-state index in [0.29, 0.717) is 40.5 Å². The van der Waals surface area contributed by atoms with Gasteiger partial charge in [-0.2, -0.15) is 0 Å². The largest absolute Gasteiger partial charge is 0.463 e. The van der Waals surface area contributed by atoms with Crippen LogP contribution >= 0.6 is 0 Å². The van der Waals surface area contributed by atoms with Crippen LogP contribution < -0.4 is 5.32 Å². The molecule has 0 amide bonds. The van der Waals surface area contributed by atoms with Crippen LogP contribution in [-0.2, 0) is 25.5 Å². The van der Waals surface area contributed by atoms with Gasteiger partial charge in [-0.05, 0) is 39.2 Å². The highest BCUT2D eigenvalue weighted by Crippen LogP contribution is 2.39. The molecule has 0 saturated heterocycles. The van der Waals surface area contributed by atoms with E-state index in [9.17, 15) is 9.59 Å². The molecule has 36 heavy (non-hydrogen) atoms. The molecule has 0 spiro atoms. The molecule has 0 radical (unpaired) electrons. The maximum atomic E-state index is 13.4. The van der Waals surface area contributed by atoms with Gasteiger partial charge in [0.05, 0.1) is 30.3 Å². The third-order valence-electron chi connectivity index (χ3n) is 6.12. The van der Waals surface area contributed by atoms with Crippen LogP contribution in [0.15, 0.2) is 89.4 Å². The fourth-order valence-corrected chi connectivity index (χ4v) is 4.44. The predicted molar refractivity (Wildman–Crippen MR) is 138 cm³/mol. The molecule has 1 aliphatic rings. The Kier molecular flexibility index (Phi) is 8.00. The van der Waals surface area contributed by atoms with Crippen LogP contribution in [0.1, 0.15) is 44.4 Å². The summed E-state index contributed by atoms with van der Waals surface area (Å²) in [4.78, 5) is 34.3. The van der Waals surface area contributed by atoms with Crippen molar-refractivity contribution >= 4 is 11.9 Å². The molecular weight excluding hydrogens is 454 g/mol. The number of ether oxygens (including phenoxy) is 2. The molecule has 2 N–H and O–H groups in total. The summed E-state index contributed by atoms with van der Waals surface area (Å²) in [6, 6.07) is 19.8. The standard InChI is InChI=1S/C29H31N3O4/c1-4-35-28(33)24-19(2)31-20(3)25(29(34)36-17-11-14-21-12-7-5-8-13-21)26(24)23-18-30-27(32-23)22-15-9-6-10-16-22/h5-10,12-13,15-16,18,26,31H,4,11,14,17H2,1-3H3,(H,30,32). The van der Waals surface area contributed by atoms with Gasteiger partial charge in [0, 0.05) is 28.8 Å². The summed E-state index contributed by atoms with van der Waals surface area (Å²) in [7, 11) is 0. The fraction of sp³-hybridized carbons (Fsp3) is 0.276. The first-order valence-corrected chi connectivity index (χ1v) is 12.2. The number of carbonyl (C=O) groups is 2. The number of aryl methyl sites for hydroxylation is 1. The van der Waals surface area contributed by atoms with Crippen LogP contribution in [0.25, 0.3) is 11.4 Å². The first-order valence-electron chi connectivity index (χ1n) is 12.2. The molecule has 1 atom stereocenters. The van der Waals surface area contributed by atoms with Crippen molar-refractivity contribution in [3.05, 3.63) is 101 Å². The number of aromatic amines is 1. The molecule has 186 valence electrons. The summed E-state index contributed by atoms with van der Waals surface area (Å²) >= 11 is 0. The van der Waals surface area contributed by atoms with E-state index >= 15 is 0 Å². The normalized spacial score (nSPS) is 15.5. The van der Waals surface area contributed by atoms with Crippen LogP contribution in [-0.4, -0.2) is 35.1 Å². The minimum absolute atomic E-state index is 0.225. The molecule has 7 heteroatoms. The summed E-state index contributed by atoms with van der Waals surface area (Å²) in [5.74, 6) is -0.997. The van der Waals surface area contributed by atoms with Gasteiger partial charge < -0.3 is 19.8 Å². The Balaban J connectivity index is 1.61. The molecule has 0 bridgehead atoms. The number of imidazole rings is 1. The van der Waals surface area contributed by atoms with Gasteiger partial charge in [-0.15, -0.1) is 0 Å². The zero-order valence-corrected chi connectivity index (χ0v) is 20.8. The number of hydrogen-bond acceptors (Lipinski definition) is 6. The second-order valence-electron chi connectivity index (χ2n) is 8.63. The molecule has 2 aromatic carbocycles. The van der Waals surface area contributed by atoms with Gasteiger partial charge >= 0.3 is 11.9 Å². The number of nitrogens with one attached hydrogen (secondary N) is 2. The van der Waals surface area contributed by atoms with Gasteiger partial charge in [0.1, 0.15) is 5.82 Å². The van der Waals surface area contributed by atoms with Gasteiger partial charge in [-0.1, -0.05) is 60.7 Å². The van der Waals surface area contributed by atoms with E-state index < -0.39 is 17.9 Å². The number of carbonyl (C=O) groups excluding carboxylic acids is 2. The number of nitrogens with zero attached hydrogens (tertiary/aromatic N) is 1. The lowest BCUT2D eigenvalue weighted by molar-refractivity contribution is -0.140. The molecule has 3 aromatic rings. The smallest absolute Gasteiger partial charge is 0.336 e. The number of allylic oxidation sites excluding steroid dienone is 2. The van der Waals surface area contributed by atoms with Crippen molar-refractivity contribution in [3.63, 3.8) is 0 Å². The van der Waals surface area contributed by atoms with Crippen molar-refractivity contribution in [1.82, 2.24) is 15.3 Å². The molecule has 4 rings (SSSR count). The molecule has 2 heterocycles. The average molecular weight is 486 g/mol. The van der Waals surface area contributed by atoms with E-state index in [1.54, 1.807) is 20.0 Å². The lowest BCUT2D eigenvalue weighted by Crippen LogP contribution is -2.32. The van der Waals surface area contributed by atoms with Crippen molar-refractivity contribution in [1.29, 1.82) is 0 Å². The number of aromatic nitrogens is 2.